The van der Waals surface area contributed by atoms with Crippen molar-refractivity contribution in [2.75, 3.05) is 13.2 Å². The van der Waals surface area contributed by atoms with Crippen molar-refractivity contribution in [1.82, 2.24) is 14.9 Å². The molecule has 0 fully saturated rings. The number of nitro benzene ring substituents is 1. The predicted octanol–water partition coefficient (Wildman–Crippen LogP) is 3.36. The van der Waals surface area contributed by atoms with Crippen LogP contribution in [0.3, 0.4) is 0 Å². The number of nitrogens with zero attached hydrogens (tertiary/aromatic N) is 4. The van der Waals surface area contributed by atoms with E-state index in [1.54, 1.807) is 22.8 Å². The molecule has 174 valence electrons. The summed E-state index contributed by atoms with van der Waals surface area (Å²) in [6, 6.07) is 17.8. The molecule has 0 radical (unpaired) electrons. The second-order valence-corrected chi connectivity index (χ2v) is 8.16. The molecular formula is C25H20N6O4. The molecule has 4 heterocycles. The number of nitrogens with two attached hydrogens (primary N) is 1. The molecular weight excluding hydrogens is 448 g/mol. The molecule has 3 N–H and O–H groups in total. The van der Waals surface area contributed by atoms with Gasteiger partial charge >= 0.3 is 0 Å². The molecule has 0 spiro atoms. The first-order valence-corrected chi connectivity index (χ1v) is 11.0. The maximum atomic E-state index is 11.5. The molecule has 0 saturated heterocycles. The number of aliphatic imine (C=N–C) groups is 1. The second-order valence-electron chi connectivity index (χ2n) is 8.16. The lowest BCUT2D eigenvalue weighted by Gasteiger charge is -2.32. The zero-order chi connectivity index (χ0) is 24.0. The number of guanidine groups is 1. The number of rotatable bonds is 4. The number of ether oxygens (including phenoxy) is 2. The fourth-order valence-electron chi connectivity index (χ4n) is 4.58. The lowest BCUT2D eigenvalue weighted by atomic mass is 9.80. The largest absolute Gasteiger partial charge is 0.486 e. The van der Waals surface area contributed by atoms with Gasteiger partial charge in [0.15, 0.2) is 17.5 Å². The molecule has 2 aliphatic heterocycles. The van der Waals surface area contributed by atoms with Crippen molar-refractivity contribution in [2.24, 2.45) is 10.7 Å². The van der Waals surface area contributed by atoms with Crippen molar-refractivity contribution in [2.45, 2.75) is 5.54 Å². The number of hydrogen-bond acceptors (Lipinski definition) is 8. The van der Waals surface area contributed by atoms with Crippen LogP contribution in [0.5, 0.6) is 11.5 Å². The number of nitrogens with one attached hydrogen (secondary N) is 1. The van der Waals surface area contributed by atoms with Crippen molar-refractivity contribution in [3.05, 3.63) is 100 Å². The van der Waals surface area contributed by atoms with Gasteiger partial charge in [0.05, 0.1) is 16.1 Å². The maximum Gasteiger partial charge on any atom is 0.270 e. The minimum absolute atomic E-state index is 0.0252. The van der Waals surface area contributed by atoms with Crippen molar-refractivity contribution < 1.29 is 14.4 Å². The summed E-state index contributed by atoms with van der Waals surface area (Å²) in [5.74, 6) is 1.49. The number of pyridine rings is 1. The van der Waals surface area contributed by atoms with Gasteiger partial charge < -0.3 is 20.5 Å². The Morgan fingerprint density at radius 2 is 1.91 bits per heavy atom. The van der Waals surface area contributed by atoms with Gasteiger partial charge in [0, 0.05) is 35.7 Å². The van der Waals surface area contributed by atoms with Gasteiger partial charge in [-0.25, -0.2) is 9.51 Å². The van der Waals surface area contributed by atoms with E-state index in [1.165, 1.54) is 12.1 Å². The average molecular weight is 468 g/mol. The van der Waals surface area contributed by atoms with E-state index in [0.29, 0.717) is 36.0 Å². The Morgan fingerprint density at radius 1 is 1.06 bits per heavy atom. The zero-order valence-corrected chi connectivity index (χ0v) is 18.4. The van der Waals surface area contributed by atoms with Crippen LogP contribution in [0.2, 0.25) is 0 Å². The van der Waals surface area contributed by atoms with E-state index in [2.05, 4.69) is 5.32 Å². The standard InChI is InChI=1S/C25H20N6O4/c26-24-27-10-9-25(28-24,17-7-8-20-21(15-17)35-13-12-34-20)22-19-6-1-2-11-30(19)29-23(22)16-4-3-5-18(14-16)31(32)33/h1-11,14-15H,12-13H2,(H3,26,27,28). The Bertz CT molecular complexity index is 1540. The molecule has 10 heteroatoms. The van der Waals surface area contributed by atoms with Gasteiger partial charge in [-0.2, -0.15) is 5.10 Å². The summed E-state index contributed by atoms with van der Waals surface area (Å²) in [6.07, 6.45) is 5.47. The van der Waals surface area contributed by atoms with E-state index in [4.69, 9.17) is 25.3 Å². The molecule has 35 heavy (non-hydrogen) atoms. The van der Waals surface area contributed by atoms with Crippen LogP contribution in [-0.2, 0) is 5.54 Å². The summed E-state index contributed by atoms with van der Waals surface area (Å²) < 4.78 is 13.3. The Kier molecular flexibility index (Phi) is 4.66. The van der Waals surface area contributed by atoms with E-state index in [9.17, 15) is 10.1 Å². The SMILES string of the molecule is NC1=NC(c2ccc3c(c2)OCCO3)(c2c(-c3cccc([N+](=O)[O-])c3)nn3ccccc23)C=CN1. The zero-order valence-electron chi connectivity index (χ0n) is 18.4. The molecule has 2 aliphatic rings. The third-order valence-electron chi connectivity index (χ3n) is 6.09. The topological polar surface area (TPSA) is 129 Å². The van der Waals surface area contributed by atoms with Crippen LogP contribution in [0.1, 0.15) is 11.1 Å². The molecule has 4 aromatic rings. The highest BCUT2D eigenvalue weighted by Gasteiger charge is 2.40. The maximum absolute atomic E-state index is 11.5. The van der Waals surface area contributed by atoms with E-state index in [-0.39, 0.29) is 11.6 Å². The van der Waals surface area contributed by atoms with Gasteiger partial charge in [0.1, 0.15) is 18.8 Å². The second kappa shape index (κ2) is 7.87. The lowest BCUT2D eigenvalue weighted by Crippen LogP contribution is -2.38. The number of aromatic nitrogens is 2. The predicted molar refractivity (Wildman–Crippen MR) is 129 cm³/mol. The molecule has 0 saturated carbocycles. The smallest absolute Gasteiger partial charge is 0.270 e. The van der Waals surface area contributed by atoms with Crippen LogP contribution in [0.4, 0.5) is 5.69 Å². The van der Waals surface area contributed by atoms with E-state index in [0.717, 1.165) is 16.6 Å². The van der Waals surface area contributed by atoms with Crippen LogP contribution >= 0.6 is 0 Å². The van der Waals surface area contributed by atoms with Crippen molar-refractivity contribution in [3.8, 4) is 22.8 Å². The van der Waals surface area contributed by atoms with Crippen LogP contribution < -0.4 is 20.5 Å². The summed E-state index contributed by atoms with van der Waals surface area (Å²) in [5, 5.41) is 19.3. The van der Waals surface area contributed by atoms with Crippen molar-refractivity contribution in [1.29, 1.82) is 0 Å². The highest BCUT2D eigenvalue weighted by atomic mass is 16.6. The monoisotopic (exact) mass is 468 g/mol. The molecule has 10 nitrogen and oxygen atoms in total. The molecule has 1 atom stereocenters. The molecule has 0 aliphatic carbocycles. The van der Waals surface area contributed by atoms with Gasteiger partial charge in [0.25, 0.3) is 5.69 Å². The van der Waals surface area contributed by atoms with Crippen LogP contribution in [-0.4, -0.2) is 33.7 Å². The highest BCUT2D eigenvalue weighted by molar-refractivity contribution is 5.85. The minimum Gasteiger partial charge on any atom is -0.486 e. The van der Waals surface area contributed by atoms with Gasteiger partial charge in [0.2, 0.25) is 0 Å². The first-order valence-electron chi connectivity index (χ1n) is 11.0. The fraction of sp³-hybridized carbons (Fsp3) is 0.120. The molecule has 0 bridgehead atoms. The van der Waals surface area contributed by atoms with Gasteiger partial charge in [-0.1, -0.05) is 24.3 Å². The number of nitro groups is 1. The van der Waals surface area contributed by atoms with Crippen LogP contribution in [0, 0.1) is 10.1 Å². The van der Waals surface area contributed by atoms with E-state index >= 15 is 0 Å². The molecule has 0 amide bonds. The number of non-ortho nitro benzene ring substituents is 1. The molecule has 6 rings (SSSR count). The van der Waals surface area contributed by atoms with Crippen molar-refractivity contribution in [3.63, 3.8) is 0 Å². The first kappa shape index (κ1) is 20.7. The van der Waals surface area contributed by atoms with Gasteiger partial charge in [-0.15, -0.1) is 0 Å². The fourth-order valence-corrected chi connectivity index (χ4v) is 4.58. The third-order valence-corrected chi connectivity index (χ3v) is 6.09. The summed E-state index contributed by atoms with van der Waals surface area (Å²) in [5.41, 5.74) is 8.54. The average Bonchev–Trinajstić information content (AvgIpc) is 3.29. The molecule has 1 unspecified atom stereocenters. The third kappa shape index (κ3) is 3.34. The van der Waals surface area contributed by atoms with Gasteiger partial charge in [-0.3, -0.25) is 10.1 Å². The van der Waals surface area contributed by atoms with Crippen LogP contribution in [0.25, 0.3) is 16.8 Å². The summed E-state index contributed by atoms with van der Waals surface area (Å²) >= 11 is 0. The lowest BCUT2D eigenvalue weighted by molar-refractivity contribution is -0.384. The number of fused-ring (bicyclic) bond motifs is 2. The minimum atomic E-state index is -1.09. The summed E-state index contributed by atoms with van der Waals surface area (Å²) in [4.78, 5) is 16.0. The summed E-state index contributed by atoms with van der Waals surface area (Å²) in [7, 11) is 0. The summed E-state index contributed by atoms with van der Waals surface area (Å²) in [6.45, 7) is 0.930. The number of hydrogen-bond donors (Lipinski definition) is 2. The highest BCUT2D eigenvalue weighted by Crippen LogP contribution is 2.46. The Morgan fingerprint density at radius 3 is 2.74 bits per heavy atom. The van der Waals surface area contributed by atoms with E-state index in [1.807, 2.05) is 48.7 Å². The Labute approximate surface area is 199 Å². The van der Waals surface area contributed by atoms with Crippen molar-refractivity contribution >= 4 is 17.2 Å². The van der Waals surface area contributed by atoms with E-state index < -0.39 is 10.5 Å². The van der Waals surface area contributed by atoms with Gasteiger partial charge in [-0.05, 0) is 35.9 Å². The number of benzene rings is 2. The normalized spacial score (nSPS) is 18.7. The van der Waals surface area contributed by atoms with Crippen LogP contribution in [0.15, 0.2) is 84.1 Å². The Balaban J connectivity index is 1.67. The Hall–Kier alpha value is -4.86. The molecule has 2 aromatic carbocycles. The quantitative estimate of drug-likeness (QED) is 0.347. The molecule has 2 aromatic heterocycles. The first-order chi connectivity index (χ1) is 17.0.